The van der Waals surface area contributed by atoms with Gasteiger partial charge >= 0.3 is 0 Å². The lowest BCUT2D eigenvalue weighted by atomic mass is 10.0. The van der Waals surface area contributed by atoms with Gasteiger partial charge in [0, 0.05) is 24.1 Å². The van der Waals surface area contributed by atoms with Gasteiger partial charge in [0.25, 0.3) is 5.91 Å². The van der Waals surface area contributed by atoms with Gasteiger partial charge in [-0.25, -0.2) is 0 Å². The van der Waals surface area contributed by atoms with E-state index in [1.54, 1.807) is 13.0 Å². The quantitative estimate of drug-likeness (QED) is 0.719. The summed E-state index contributed by atoms with van der Waals surface area (Å²) in [5, 5.41) is 2.82. The molecular weight excluding hydrogens is 226 g/mol. The second-order valence-electron chi connectivity index (χ2n) is 4.38. The van der Waals surface area contributed by atoms with Crippen molar-refractivity contribution in [1.82, 2.24) is 5.32 Å². The molecule has 0 atom stereocenters. The van der Waals surface area contributed by atoms with Crippen molar-refractivity contribution in [3.05, 3.63) is 23.3 Å². The van der Waals surface area contributed by atoms with Crippen molar-refractivity contribution < 1.29 is 9.59 Å². The fourth-order valence-corrected chi connectivity index (χ4v) is 1.90. The van der Waals surface area contributed by atoms with Crippen molar-refractivity contribution in [2.24, 2.45) is 0 Å². The van der Waals surface area contributed by atoms with Gasteiger partial charge < -0.3 is 5.32 Å². The van der Waals surface area contributed by atoms with Gasteiger partial charge in [0.05, 0.1) is 0 Å². The largest absolute Gasteiger partial charge is 0.352 e. The Morgan fingerprint density at radius 2 is 1.94 bits per heavy atom. The van der Waals surface area contributed by atoms with Crippen LogP contribution in [0.3, 0.4) is 0 Å². The van der Waals surface area contributed by atoms with E-state index in [0.29, 0.717) is 24.1 Å². The highest BCUT2D eigenvalue weighted by molar-refractivity contribution is 6.07. The van der Waals surface area contributed by atoms with E-state index in [9.17, 15) is 9.59 Å². The molecule has 0 aromatic rings. The first-order chi connectivity index (χ1) is 8.66. The Morgan fingerprint density at radius 1 is 1.22 bits per heavy atom. The third kappa shape index (κ3) is 4.21. The number of hydrogen-bond donors (Lipinski definition) is 1. The van der Waals surface area contributed by atoms with Gasteiger partial charge in [0.2, 0.25) is 0 Å². The molecule has 96 valence electrons. The summed E-state index contributed by atoms with van der Waals surface area (Å²) in [6.07, 6.45) is 12.6. The summed E-state index contributed by atoms with van der Waals surface area (Å²) in [6, 6.07) is 0. The monoisotopic (exact) mass is 245 g/mol. The molecule has 1 N–H and O–H groups in total. The van der Waals surface area contributed by atoms with Crippen molar-refractivity contribution in [1.29, 1.82) is 0 Å². The SMILES string of the molecule is C#C/C=C\C1=C(/C)C(=O)CCCCCCNC1=O. The molecule has 1 aliphatic heterocycles. The van der Waals surface area contributed by atoms with E-state index in [0.717, 1.165) is 25.7 Å². The van der Waals surface area contributed by atoms with Crippen LogP contribution in [-0.4, -0.2) is 18.2 Å². The van der Waals surface area contributed by atoms with Gasteiger partial charge in [0.1, 0.15) is 0 Å². The van der Waals surface area contributed by atoms with Crippen LogP contribution in [0.25, 0.3) is 0 Å². The highest BCUT2D eigenvalue weighted by atomic mass is 16.2. The van der Waals surface area contributed by atoms with Crippen LogP contribution >= 0.6 is 0 Å². The molecule has 0 bridgehead atoms. The molecular formula is C15H19NO2. The maximum Gasteiger partial charge on any atom is 0.251 e. The van der Waals surface area contributed by atoms with E-state index in [1.165, 1.54) is 6.08 Å². The van der Waals surface area contributed by atoms with Crippen molar-refractivity contribution in [3.8, 4) is 12.3 Å². The molecule has 0 saturated heterocycles. The average molecular weight is 245 g/mol. The molecule has 1 heterocycles. The van der Waals surface area contributed by atoms with E-state index < -0.39 is 0 Å². The number of amides is 1. The minimum absolute atomic E-state index is 0.0312. The van der Waals surface area contributed by atoms with Crippen molar-refractivity contribution in [3.63, 3.8) is 0 Å². The minimum Gasteiger partial charge on any atom is -0.352 e. The van der Waals surface area contributed by atoms with Crippen LogP contribution in [0.1, 0.15) is 39.0 Å². The number of terminal acetylenes is 1. The van der Waals surface area contributed by atoms with E-state index in [2.05, 4.69) is 11.2 Å². The molecule has 1 amide bonds. The number of nitrogens with one attached hydrogen (secondary N) is 1. The van der Waals surface area contributed by atoms with Crippen LogP contribution in [0.2, 0.25) is 0 Å². The third-order valence-corrected chi connectivity index (χ3v) is 3.03. The Kier molecular flexibility index (Phi) is 5.93. The summed E-state index contributed by atoms with van der Waals surface area (Å²) in [5.41, 5.74) is 0.890. The molecule has 1 aliphatic rings. The topological polar surface area (TPSA) is 46.2 Å². The van der Waals surface area contributed by atoms with Gasteiger partial charge in [-0.3, -0.25) is 9.59 Å². The van der Waals surface area contributed by atoms with Crippen LogP contribution in [0, 0.1) is 12.3 Å². The van der Waals surface area contributed by atoms with Crippen LogP contribution in [-0.2, 0) is 9.59 Å². The van der Waals surface area contributed by atoms with E-state index >= 15 is 0 Å². The zero-order valence-electron chi connectivity index (χ0n) is 10.8. The number of rotatable bonds is 1. The van der Waals surface area contributed by atoms with Crippen molar-refractivity contribution in [2.75, 3.05) is 6.54 Å². The summed E-state index contributed by atoms with van der Waals surface area (Å²) in [7, 11) is 0. The van der Waals surface area contributed by atoms with Gasteiger partial charge in [-0.15, -0.1) is 6.42 Å². The number of carbonyl (C=O) groups is 2. The maximum absolute atomic E-state index is 12.0. The van der Waals surface area contributed by atoms with Gasteiger partial charge in [-0.1, -0.05) is 18.8 Å². The lowest BCUT2D eigenvalue weighted by molar-refractivity contribution is -0.119. The first-order valence-corrected chi connectivity index (χ1v) is 6.31. The lowest BCUT2D eigenvalue weighted by Crippen LogP contribution is -2.26. The van der Waals surface area contributed by atoms with Crippen molar-refractivity contribution in [2.45, 2.75) is 39.0 Å². The van der Waals surface area contributed by atoms with Crippen LogP contribution < -0.4 is 5.32 Å². The van der Waals surface area contributed by atoms with Gasteiger partial charge in [0.15, 0.2) is 5.78 Å². The fourth-order valence-electron chi connectivity index (χ4n) is 1.90. The number of Topliss-reactive ketones (excluding diaryl/α,β-unsaturated/α-hetero) is 1. The highest BCUT2D eigenvalue weighted by Crippen LogP contribution is 2.14. The predicted octanol–water partition coefficient (Wildman–Crippen LogP) is 2.14. The molecule has 0 aliphatic carbocycles. The lowest BCUT2D eigenvalue weighted by Gasteiger charge is -2.07. The summed E-state index contributed by atoms with van der Waals surface area (Å²) < 4.78 is 0. The predicted molar refractivity (Wildman–Crippen MR) is 71.8 cm³/mol. The van der Waals surface area contributed by atoms with E-state index in [1.807, 2.05) is 0 Å². The second-order valence-corrected chi connectivity index (χ2v) is 4.38. The molecule has 18 heavy (non-hydrogen) atoms. The molecule has 0 spiro atoms. The van der Waals surface area contributed by atoms with Crippen LogP contribution in [0.4, 0.5) is 0 Å². The standard InChI is InChI=1S/C15H19NO2/c1-3-4-9-13-12(2)14(17)10-7-5-6-8-11-16-15(13)18/h1,4,9H,5-8,10-11H2,2H3,(H,16,18)/b9-4-,13-12-. The first-order valence-electron chi connectivity index (χ1n) is 6.31. The molecule has 0 aromatic carbocycles. The Bertz CT molecular complexity index is 424. The Balaban J connectivity index is 3.01. The number of carbonyl (C=O) groups excluding carboxylic acids is 2. The number of hydrogen-bond acceptors (Lipinski definition) is 2. The molecule has 0 saturated carbocycles. The molecule has 0 fully saturated rings. The Hall–Kier alpha value is -1.82. The minimum atomic E-state index is -0.214. The fraction of sp³-hybridized carbons (Fsp3) is 0.467. The van der Waals surface area contributed by atoms with Crippen LogP contribution in [0.15, 0.2) is 23.3 Å². The highest BCUT2D eigenvalue weighted by Gasteiger charge is 2.15. The number of ketones is 1. The summed E-state index contributed by atoms with van der Waals surface area (Å²) >= 11 is 0. The maximum atomic E-state index is 12.0. The zero-order chi connectivity index (χ0) is 13.4. The molecule has 0 radical (unpaired) electrons. The van der Waals surface area contributed by atoms with Gasteiger partial charge in [-0.2, -0.15) is 0 Å². The third-order valence-electron chi connectivity index (χ3n) is 3.03. The molecule has 3 nitrogen and oxygen atoms in total. The zero-order valence-corrected chi connectivity index (χ0v) is 10.8. The Morgan fingerprint density at radius 3 is 2.67 bits per heavy atom. The van der Waals surface area contributed by atoms with Gasteiger partial charge in [-0.05, 0) is 31.9 Å². The second kappa shape index (κ2) is 7.50. The Labute approximate surface area is 108 Å². The molecule has 3 heteroatoms. The molecule has 0 unspecified atom stereocenters. The van der Waals surface area contributed by atoms with E-state index in [4.69, 9.17) is 6.42 Å². The number of allylic oxidation sites excluding steroid dienone is 2. The van der Waals surface area contributed by atoms with E-state index in [-0.39, 0.29) is 11.7 Å². The molecule has 1 rings (SSSR count). The van der Waals surface area contributed by atoms with Crippen molar-refractivity contribution >= 4 is 11.7 Å². The summed E-state index contributed by atoms with van der Waals surface area (Å²) in [4.78, 5) is 23.9. The summed E-state index contributed by atoms with van der Waals surface area (Å²) in [5.74, 6) is 2.16. The average Bonchev–Trinajstić information content (AvgIpc) is 2.38. The smallest absolute Gasteiger partial charge is 0.251 e. The normalized spacial score (nSPS) is 23.3. The summed E-state index contributed by atoms with van der Waals surface area (Å²) in [6.45, 7) is 2.34. The molecule has 0 aromatic heterocycles. The van der Waals surface area contributed by atoms with Crippen LogP contribution in [0.5, 0.6) is 0 Å². The first kappa shape index (κ1) is 14.2.